The molecule has 0 aliphatic carbocycles. The molecule has 0 aromatic carbocycles. The molecule has 1 aliphatic rings. The number of rotatable bonds is 5. The summed E-state index contributed by atoms with van der Waals surface area (Å²) in [6, 6.07) is 0.325. The summed E-state index contributed by atoms with van der Waals surface area (Å²) >= 11 is 0. The van der Waals surface area contributed by atoms with Crippen LogP contribution in [0.2, 0.25) is 0 Å². The van der Waals surface area contributed by atoms with Crippen LogP contribution >= 0.6 is 0 Å². The molecule has 0 saturated carbocycles. The lowest BCUT2D eigenvalue weighted by atomic mass is 10.0. The van der Waals surface area contributed by atoms with Crippen LogP contribution in [0.25, 0.3) is 0 Å². The summed E-state index contributed by atoms with van der Waals surface area (Å²) in [7, 11) is 1.94. The number of hydrogen-bond acceptors (Lipinski definition) is 5. The molecule has 3 atom stereocenters. The normalized spacial score (nSPS) is 23.8. The SMILES string of the molecule is CNC(C)C(C)c1nc(CC2CCCO2)no1. The average Bonchev–Trinajstić information content (AvgIpc) is 2.99. The van der Waals surface area contributed by atoms with Gasteiger partial charge in [0.1, 0.15) is 0 Å². The molecule has 2 heterocycles. The largest absolute Gasteiger partial charge is 0.378 e. The van der Waals surface area contributed by atoms with Crippen LogP contribution in [0.5, 0.6) is 0 Å². The van der Waals surface area contributed by atoms with Gasteiger partial charge in [-0.15, -0.1) is 0 Å². The Balaban J connectivity index is 1.95. The van der Waals surface area contributed by atoms with Crippen molar-refractivity contribution in [3.8, 4) is 0 Å². The van der Waals surface area contributed by atoms with E-state index in [0.717, 1.165) is 31.7 Å². The van der Waals surface area contributed by atoms with Crippen LogP contribution in [0.3, 0.4) is 0 Å². The molecule has 17 heavy (non-hydrogen) atoms. The van der Waals surface area contributed by atoms with E-state index in [2.05, 4.69) is 29.3 Å². The first-order chi connectivity index (χ1) is 8.20. The fourth-order valence-corrected chi connectivity index (χ4v) is 2.01. The highest BCUT2D eigenvalue weighted by molar-refractivity contribution is 4.97. The lowest BCUT2D eigenvalue weighted by Crippen LogP contribution is -2.27. The van der Waals surface area contributed by atoms with Crippen molar-refractivity contribution < 1.29 is 9.26 Å². The number of hydrogen-bond donors (Lipinski definition) is 1. The maximum absolute atomic E-state index is 5.56. The van der Waals surface area contributed by atoms with Gasteiger partial charge in [0.25, 0.3) is 0 Å². The van der Waals surface area contributed by atoms with Gasteiger partial charge in [0, 0.05) is 19.1 Å². The van der Waals surface area contributed by atoms with E-state index >= 15 is 0 Å². The van der Waals surface area contributed by atoms with Crippen LogP contribution in [-0.4, -0.2) is 35.9 Å². The fraction of sp³-hybridized carbons (Fsp3) is 0.833. The van der Waals surface area contributed by atoms with Gasteiger partial charge >= 0.3 is 0 Å². The Hall–Kier alpha value is -0.940. The van der Waals surface area contributed by atoms with E-state index < -0.39 is 0 Å². The van der Waals surface area contributed by atoms with Crippen molar-refractivity contribution >= 4 is 0 Å². The molecule has 0 spiro atoms. The van der Waals surface area contributed by atoms with Crippen LogP contribution in [0, 0.1) is 0 Å². The molecule has 1 saturated heterocycles. The Morgan fingerprint density at radius 2 is 2.29 bits per heavy atom. The van der Waals surface area contributed by atoms with Gasteiger partial charge in [0.2, 0.25) is 5.89 Å². The van der Waals surface area contributed by atoms with Crippen LogP contribution in [0.15, 0.2) is 4.52 Å². The maximum atomic E-state index is 5.56. The maximum Gasteiger partial charge on any atom is 0.231 e. The van der Waals surface area contributed by atoms with E-state index in [1.807, 2.05) is 7.05 Å². The highest BCUT2D eigenvalue weighted by Crippen LogP contribution is 2.19. The van der Waals surface area contributed by atoms with Gasteiger partial charge in [-0.1, -0.05) is 12.1 Å². The van der Waals surface area contributed by atoms with Crippen molar-refractivity contribution in [2.24, 2.45) is 0 Å². The molecule has 0 amide bonds. The number of nitrogens with zero attached hydrogens (tertiary/aromatic N) is 2. The van der Waals surface area contributed by atoms with Crippen molar-refractivity contribution in [1.82, 2.24) is 15.5 Å². The van der Waals surface area contributed by atoms with Gasteiger partial charge in [-0.3, -0.25) is 0 Å². The highest BCUT2D eigenvalue weighted by atomic mass is 16.5. The molecule has 0 radical (unpaired) electrons. The van der Waals surface area contributed by atoms with E-state index in [4.69, 9.17) is 9.26 Å². The summed E-state index contributed by atoms with van der Waals surface area (Å²) in [4.78, 5) is 4.44. The van der Waals surface area contributed by atoms with Gasteiger partial charge in [0.15, 0.2) is 5.82 Å². The Morgan fingerprint density at radius 1 is 1.47 bits per heavy atom. The summed E-state index contributed by atoms with van der Waals surface area (Å²) in [6.07, 6.45) is 3.29. The summed E-state index contributed by atoms with van der Waals surface area (Å²) < 4.78 is 10.9. The minimum absolute atomic E-state index is 0.228. The molecule has 0 bridgehead atoms. The number of aromatic nitrogens is 2. The third-order valence-electron chi connectivity index (χ3n) is 3.51. The summed E-state index contributed by atoms with van der Waals surface area (Å²) in [5, 5.41) is 7.22. The fourth-order valence-electron chi connectivity index (χ4n) is 2.01. The van der Waals surface area contributed by atoms with Gasteiger partial charge in [0.05, 0.1) is 12.0 Å². The van der Waals surface area contributed by atoms with E-state index in [1.54, 1.807) is 0 Å². The van der Waals surface area contributed by atoms with Crippen molar-refractivity contribution in [2.45, 2.75) is 51.2 Å². The van der Waals surface area contributed by atoms with Crippen LogP contribution < -0.4 is 5.32 Å². The quantitative estimate of drug-likeness (QED) is 0.843. The van der Waals surface area contributed by atoms with Crippen molar-refractivity contribution in [2.75, 3.05) is 13.7 Å². The molecule has 5 nitrogen and oxygen atoms in total. The molecular weight excluding hydrogens is 218 g/mol. The highest BCUT2D eigenvalue weighted by Gasteiger charge is 2.22. The molecule has 1 N–H and O–H groups in total. The minimum Gasteiger partial charge on any atom is -0.378 e. The first-order valence-corrected chi connectivity index (χ1v) is 6.32. The zero-order valence-electron chi connectivity index (χ0n) is 10.8. The predicted molar refractivity (Wildman–Crippen MR) is 63.9 cm³/mol. The molecule has 96 valence electrons. The minimum atomic E-state index is 0.228. The Morgan fingerprint density at radius 3 is 2.94 bits per heavy atom. The monoisotopic (exact) mass is 239 g/mol. The third-order valence-corrected chi connectivity index (χ3v) is 3.51. The van der Waals surface area contributed by atoms with Gasteiger partial charge in [-0.05, 0) is 26.8 Å². The van der Waals surface area contributed by atoms with Crippen molar-refractivity contribution in [3.05, 3.63) is 11.7 Å². The number of likely N-dealkylation sites (N-methyl/N-ethyl adjacent to an activating group) is 1. The lowest BCUT2D eigenvalue weighted by Gasteiger charge is -2.14. The molecule has 1 aliphatic heterocycles. The average molecular weight is 239 g/mol. The second kappa shape index (κ2) is 5.60. The second-order valence-corrected chi connectivity index (χ2v) is 4.75. The zero-order valence-corrected chi connectivity index (χ0v) is 10.8. The first-order valence-electron chi connectivity index (χ1n) is 6.32. The molecular formula is C12H21N3O2. The zero-order chi connectivity index (χ0) is 12.3. The Bertz CT molecular complexity index is 347. The summed E-state index contributed by atoms with van der Waals surface area (Å²) in [6.45, 7) is 5.06. The third kappa shape index (κ3) is 3.04. The topological polar surface area (TPSA) is 60.2 Å². The Labute approximate surface area is 102 Å². The summed E-state index contributed by atoms with van der Waals surface area (Å²) in [5.74, 6) is 1.70. The van der Waals surface area contributed by atoms with Crippen molar-refractivity contribution in [3.63, 3.8) is 0 Å². The Kier molecular flexibility index (Phi) is 4.12. The van der Waals surface area contributed by atoms with E-state index in [-0.39, 0.29) is 12.0 Å². The summed E-state index contributed by atoms with van der Waals surface area (Å²) in [5.41, 5.74) is 0. The van der Waals surface area contributed by atoms with Crippen molar-refractivity contribution in [1.29, 1.82) is 0 Å². The predicted octanol–water partition coefficient (Wildman–Crippen LogP) is 1.50. The van der Waals surface area contributed by atoms with Gasteiger partial charge < -0.3 is 14.6 Å². The number of nitrogens with one attached hydrogen (secondary N) is 1. The molecule has 3 unspecified atom stereocenters. The standard InChI is InChI=1S/C12H21N3O2/c1-8(9(2)13-3)12-14-11(15-17-12)7-10-5-4-6-16-10/h8-10,13H,4-7H2,1-3H3. The smallest absolute Gasteiger partial charge is 0.231 e. The first kappa shape index (κ1) is 12.5. The van der Waals surface area contributed by atoms with Crippen LogP contribution in [0.1, 0.15) is 44.3 Å². The molecule has 1 aromatic rings. The van der Waals surface area contributed by atoms with Crippen LogP contribution in [0.4, 0.5) is 0 Å². The molecule has 1 fully saturated rings. The molecule has 5 heteroatoms. The number of ether oxygens (including phenoxy) is 1. The van der Waals surface area contributed by atoms with E-state index in [0.29, 0.717) is 11.9 Å². The van der Waals surface area contributed by atoms with E-state index in [1.165, 1.54) is 0 Å². The van der Waals surface area contributed by atoms with Gasteiger partial charge in [-0.25, -0.2) is 0 Å². The van der Waals surface area contributed by atoms with Gasteiger partial charge in [-0.2, -0.15) is 4.98 Å². The second-order valence-electron chi connectivity index (χ2n) is 4.75. The molecule has 2 rings (SSSR count). The molecule has 1 aromatic heterocycles. The van der Waals surface area contributed by atoms with E-state index in [9.17, 15) is 0 Å². The lowest BCUT2D eigenvalue weighted by molar-refractivity contribution is 0.109. The van der Waals surface area contributed by atoms with Crippen LogP contribution in [-0.2, 0) is 11.2 Å².